The van der Waals surface area contributed by atoms with Gasteiger partial charge in [0.2, 0.25) is 0 Å². The fraction of sp³-hybridized carbons (Fsp3) is 0.955. The molecule has 0 bridgehead atoms. The molecule has 0 heterocycles. The van der Waals surface area contributed by atoms with Crippen LogP contribution in [-0.2, 0) is 4.79 Å². The van der Waals surface area contributed by atoms with Crippen molar-refractivity contribution in [3.05, 3.63) is 0 Å². The number of hydrogen-bond donors (Lipinski definition) is 2. The Morgan fingerprint density at radius 2 is 0.920 bits per heavy atom. The minimum absolute atomic E-state index is 0.250. The van der Waals surface area contributed by atoms with Gasteiger partial charge in [-0.3, -0.25) is 4.79 Å². The molecule has 1 atom stereocenters. The van der Waals surface area contributed by atoms with Crippen LogP contribution in [0.15, 0.2) is 0 Å². The quantitative estimate of drug-likeness (QED) is 0.203. The molecule has 0 rings (SSSR count). The van der Waals surface area contributed by atoms with E-state index in [1.165, 1.54) is 116 Å². The molecular formula is C22H47NO2. The molecule has 3 N–H and O–H groups in total. The Balaban J connectivity index is 0. The van der Waals surface area contributed by atoms with Gasteiger partial charge in [-0.2, -0.15) is 0 Å². The maximum atomic E-state index is 8.36. The maximum absolute atomic E-state index is 8.36. The summed E-state index contributed by atoms with van der Waals surface area (Å²) in [7, 11) is 0. The highest BCUT2D eigenvalue weighted by molar-refractivity contribution is 5.32. The van der Waals surface area contributed by atoms with Crippen LogP contribution in [0.4, 0.5) is 0 Å². The fourth-order valence-corrected chi connectivity index (χ4v) is 3.21. The first-order valence-corrected chi connectivity index (χ1v) is 11.1. The zero-order valence-corrected chi connectivity index (χ0v) is 17.3. The molecule has 0 radical (unpaired) electrons. The Morgan fingerprint density at radius 3 is 1.28 bits per heavy atom. The Hall–Kier alpha value is -0.570. The lowest BCUT2D eigenvalue weighted by Gasteiger charge is -2.10. The lowest BCUT2D eigenvalue weighted by molar-refractivity contribution is -0.122. The molecule has 0 aromatic carbocycles. The molecular weight excluding hydrogens is 310 g/mol. The Bertz CT molecular complexity index is 234. The summed E-state index contributed by atoms with van der Waals surface area (Å²) in [4.78, 5) is 8.36. The zero-order chi connectivity index (χ0) is 19.0. The first-order chi connectivity index (χ1) is 12.2. The van der Waals surface area contributed by atoms with Crippen molar-refractivity contribution < 1.29 is 9.90 Å². The zero-order valence-electron chi connectivity index (χ0n) is 17.3. The van der Waals surface area contributed by atoms with E-state index in [1.54, 1.807) is 0 Å². The van der Waals surface area contributed by atoms with E-state index < -0.39 is 0 Å². The van der Waals surface area contributed by atoms with Crippen LogP contribution in [0, 0.1) is 0 Å². The molecule has 0 aliphatic carbocycles. The van der Waals surface area contributed by atoms with E-state index in [4.69, 9.17) is 15.6 Å². The second-order valence-corrected chi connectivity index (χ2v) is 7.39. The van der Waals surface area contributed by atoms with Gasteiger partial charge in [0, 0.05) is 6.04 Å². The number of carboxylic acid groups (broad SMARTS) is 1. The number of rotatable bonds is 18. The number of hydrogen-bond acceptors (Lipinski definition) is 2. The Morgan fingerprint density at radius 1 is 0.640 bits per heavy atom. The second kappa shape index (κ2) is 25.7. The second-order valence-electron chi connectivity index (χ2n) is 7.39. The summed E-state index contributed by atoms with van der Waals surface area (Å²) in [5.41, 5.74) is 6.11. The molecule has 0 spiro atoms. The predicted molar refractivity (Wildman–Crippen MR) is 111 cm³/mol. The van der Waals surface area contributed by atoms with Crippen LogP contribution in [0.5, 0.6) is 0 Å². The third-order valence-electron chi connectivity index (χ3n) is 4.86. The smallest absolute Gasteiger partial charge is 0.290 e. The van der Waals surface area contributed by atoms with Gasteiger partial charge in [0.1, 0.15) is 0 Å². The minimum atomic E-state index is -0.250. The maximum Gasteiger partial charge on any atom is 0.290 e. The lowest BCUT2D eigenvalue weighted by Crippen LogP contribution is -2.19. The summed E-state index contributed by atoms with van der Waals surface area (Å²) >= 11 is 0. The summed E-state index contributed by atoms with van der Waals surface area (Å²) in [6, 6.07) is 0.470. The first kappa shape index (κ1) is 26.7. The fourth-order valence-electron chi connectivity index (χ4n) is 3.21. The minimum Gasteiger partial charge on any atom is -0.483 e. The highest BCUT2D eigenvalue weighted by atomic mass is 16.3. The molecule has 0 fully saturated rings. The highest BCUT2D eigenvalue weighted by Gasteiger charge is 2.01. The molecule has 25 heavy (non-hydrogen) atoms. The van der Waals surface area contributed by atoms with E-state index in [2.05, 4.69) is 13.8 Å². The predicted octanol–water partition coefficient (Wildman–Crippen LogP) is 7.08. The summed E-state index contributed by atoms with van der Waals surface area (Å²) < 4.78 is 0. The van der Waals surface area contributed by atoms with Crippen molar-refractivity contribution in [2.24, 2.45) is 5.73 Å². The molecule has 0 aromatic heterocycles. The first-order valence-electron chi connectivity index (χ1n) is 11.1. The van der Waals surface area contributed by atoms with Crippen LogP contribution in [-0.4, -0.2) is 17.6 Å². The summed E-state index contributed by atoms with van der Waals surface area (Å²) in [5, 5.41) is 6.89. The average molecular weight is 358 g/mol. The normalized spacial score (nSPS) is 11.6. The van der Waals surface area contributed by atoms with Gasteiger partial charge < -0.3 is 10.8 Å². The summed E-state index contributed by atoms with van der Waals surface area (Å²) in [5.74, 6) is 0. The van der Waals surface area contributed by atoms with Crippen molar-refractivity contribution in [1.82, 2.24) is 0 Å². The van der Waals surface area contributed by atoms with Gasteiger partial charge in [-0.05, 0) is 12.8 Å². The standard InChI is InChI=1S/C21H45N.CH2O2/c1-3-5-7-8-9-10-11-12-13-14-15-16-17-18-20-21(22)19-6-4-2;2-1-3/h21H,3-20,22H2,1-2H3;1H,(H,2,3). The summed E-state index contributed by atoms with van der Waals surface area (Å²) in [6.45, 7) is 4.29. The van der Waals surface area contributed by atoms with Gasteiger partial charge in [0.05, 0.1) is 0 Å². The average Bonchev–Trinajstić information content (AvgIpc) is 2.61. The number of carbonyl (C=O) groups is 1. The van der Waals surface area contributed by atoms with Crippen molar-refractivity contribution in [3.63, 3.8) is 0 Å². The van der Waals surface area contributed by atoms with Gasteiger partial charge in [0.25, 0.3) is 6.47 Å². The molecule has 0 amide bonds. The van der Waals surface area contributed by atoms with Crippen LogP contribution in [0.1, 0.15) is 129 Å². The molecule has 0 aromatic rings. The third-order valence-corrected chi connectivity index (χ3v) is 4.86. The van der Waals surface area contributed by atoms with Crippen molar-refractivity contribution in [2.75, 3.05) is 0 Å². The molecule has 0 saturated carbocycles. The number of nitrogens with two attached hydrogens (primary N) is 1. The summed E-state index contributed by atoms with van der Waals surface area (Å²) in [6.07, 6.45) is 25.2. The van der Waals surface area contributed by atoms with Crippen molar-refractivity contribution in [1.29, 1.82) is 0 Å². The number of unbranched alkanes of at least 4 members (excludes halogenated alkanes) is 14. The van der Waals surface area contributed by atoms with Crippen LogP contribution in [0.2, 0.25) is 0 Å². The van der Waals surface area contributed by atoms with E-state index in [0.29, 0.717) is 6.04 Å². The van der Waals surface area contributed by atoms with Gasteiger partial charge in [-0.25, -0.2) is 0 Å². The van der Waals surface area contributed by atoms with Gasteiger partial charge in [0.15, 0.2) is 0 Å². The van der Waals surface area contributed by atoms with Crippen LogP contribution >= 0.6 is 0 Å². The van der Waals surface area contributed by atoms with E-state index >= 15 is 0 Å². The van der Waals surface area contributed by atoms with Crippen LogP contribution in [0.3, 0.4) is 0 Å². The van der Waals surface area contributed by atoms with E-state index in [-0.39, 0.29) is 6.47 Å². The van der Waals surface area contributed by atoms with Crippen molar-refractivity contribution >= 4 is 6.47 Å². The molecule has 0 aliphatic heterocycles. The SMILES string of the molecule is CCCCCCCCCCCCCCCCC(N)CCCC.O=CO. The lowest BCUT2D eigenvalue weighted by atomic mass is 10.0. The topological polar surface area (TPSA) is 63.3 Å². The molecule has 3 heteroatoms. The Labute approximate surface area is 158 Å². The third kappa shape index (κ3) is 28.5. The molecule has 1 unspecified atom stereocenters. The molecule has 0 aliphatic rings. The van der Waals surface area contributed by atoms with E-state index in [0.717, 1.165) is 0 Å². The van der Waals surface area contributed by atoms with Gasteiger partial charge in [-0.15, -0.1) is 0 Å². The monoisotopic (exact) mass is 357 g/mol. The molecule has 152 valence electrons. The van der Waals surface area contributed by atoms with Crippen molar-refractivity contribution in [3.8, 4) is 0 Å². The van der Waals surface area contributed by atoms with Crippen molar-refractivity contribution in [2.45, 2.75) is 135 Å². The van der Waals surface area contributed by atoms with Crippen LogP contribution < -0.4 is 5.73 Å². The van der Waals surface area contributed by atoms with Crippen LogP contribution in [0.25, 0.3) is 0 Å². The molecule has 0 saturated heterocycles. The Kier molecular flexibility index (Phi) is 27.4. The highest BCUT2D eigenvalue weighted by Crippen LogP contribution is 2.14. The molecule has 3 nitrogen and oxygen atoms in total. The van der Waals surface area contributed by atoms with Gasteiger partial charge >= 0.3 is 0 Å². The van der Waals surface area contributed by atoms with E-state index in [1.807, 2.05) is 0 Å². The van der Waals surface area contributed by atoms with Gasteiger partial charge in [-0.1, -0.05) is 117 Å². The largest absolute Gasteiger partial charge is 0.483 e. The van der Waals surface area contributed by atoms with E-state index in [9.17, 15) is 0 Å².